The van der Waals surface area contributed by atoms with Gasteiger partial charge < -0.3 is 4.74 Å². The lowest BCUT2D eigenvalue weighted by atomic mass is 10.1. The van der Waals surface area contributed by atoms with Crippen LogP contribution in [-0.2, 0) is 4.79 Å². The van der Waals surface area contributed by atoms with Crippen LogP contribution < -0.4 is 4.74 Å². The molecule has 1 unspecified atom stereocenters. The molecule has 0 saturated carbocycles. The van der Waals surface area contributed by atoms with Crippen LogP contribution in [0.3, 0.4) is 0 Å². The van der Waals surface area contributed by atoms with E-state index < -0.39 is 0 Å². The summed E-state index contributed by atoms with van der Waals surface area (Å²) in [5, 5.41) is 0. The second kappa shape index (κ2) is 6.71. The van der Waals surface area contributed by atoms with Crippen molar-refractivity contribution in [1.29, 1.82) is 0 Å². The van der Waals surface area contributed by atoms with E-state index in [2.05, 4.69) is 6.58 Å². The summed E-state index contributed by atoms with van der Waals surface area (Å²) >= 11 is 0. The lowest BCUT2D eigenvalue weighted by Gasteiger charge is -2.10. The maximum atomic E-state index is 11.8. The van der Waals surface area contributed by atoms with Crippen LogP contribution in [0.25, 0.3) is 11.1 Å². The molecule has 1 atom stereocenters. The topological polar surface area (TPSA) is 26.3 Å². The minimum Gasteiger partial charge on any atom is -0.426 e. The first-order chi connectivity index (χ1) is 9.74. The highest BCUT2D eigenvalue weighted by Crippen LogP contribution is 2.22. The van der Waals surface area contributed by atoms with Crippen molar-refractivity contribution < 1.29 is 9.53 Å². The minimum atomic E-state index is -0.255. The molecule has 2 rings (SSSR count). The molecule has 20 heavy (non-hydrogen) atoms. The summed E-state index contributed by atoms with van der Waals surface area (Å²) in [5.41, 5.74) is 2.24. The van der Waals surface area contributed by atoms with Crippen molar-refractivity contribution in [3.8, 4) is 16.9 Å². The molecule has 0 aliphatic carbocycles. The first-order valence-corrected chi connectivity index (χ1v) is 6.74. The van der Waals surface area contributed by atoms with Crippen LogP contribution >= 0.6 is 0 Å². The molecule has 0 amide bonds. The van der Waals surface area contributed by atoms with Crippen LogP contribution in [0.4, 0.5) is 0 Å². The van der Waals surface area contributed by atoms with Crippen LogP contribution in [-0.4, -0.2) is 5.97 Å². The normalized spacial score (nSPS) is 11.7. The van der Waals surface area contributed by atoms with E-state index in [1.165, 1.54) is 0 Å². The van der Waals surface area contributed by atoms with Crippen molar-refractivity contribution >= 4 is 5.97 Å². The lowest BCUT2D eigenvalue weighted by Crippen LogP contribution is -2.17. The van der Waals surface area contributed by atoms with Crippen LogP contribution in [0.15, 0.2) is 67.3 Å². The number of ether oxygens (including phenoxy) is 1. The van der Waals surface area contributed by atoms with Gasteiger partial charge in [0, 0.05) is 0 Å². The number of esters is 1. The van der Waals surface area contributed by atoms with Crippen molar-refractivity contribution in [1.82, 2.24) is 0 Å². The van der Waals surface area contributed by atoms with E-state index in [0.717, 1.165) is 11.1 Å². The molecular weight excluding hydrogens is 248 g/mol. The third-order valence-electron chi connectivity index (χ3n) is 3.21. The first-order valence-electron chi connectivity index (χ1n) is 6.74. The van der Waals surface area contributed by atoms with Gasteiger partial charge in [-0.2, -0.15) is 0 Å². The summed E-state index contributed by atoms with van der Waals surface area (Å²) in [4.78, 5) is 11.8. The van der Waals surface area contributed by atoms with Crippen molar-refractivity contribution in [2.45, 2.75) is 13.3 Å². The average molecular weight is 266 g/mol. The second-order valence-corrected chi connectivity index (χ2v) is 4.56. The van der Waals surface area contributed by atoms with E-state index in [9.17, 15) is 4.79 Å². The Morgan fingerprint density at radius 3 is 2.25 bits per heavy atom. The third-order valence-corrected chi connectivity index (χ3v) is 3.21. The largest absolute Gasteiger partial charge is 0.426 e. The summed E-state index contributed by atoms with van der Waals surface area (Å²) in [6.07, 6.45) is 2.32. The van der Waals surface area contributed by atoms with Gasteiger partial charge in [0.1, 0.15) is 5.75 Å². The maximum Gasteiger partial charge on any atom is 0.318 e. The van der Waals surface area contributed by atoms with E-state index in [0.29, 0.717) is 12.2 Å². The van der Waals surface area contributed by atoms with Gasteiger partial charge in [-0.15, -0.1) is 6.58 Å². The Morgan fingerprint density at radius 1 is 1.10 bits per heavy atom. The van der Waals surface area contributed by atoms with Crippen LogP contribution in [0.5, 0.6) is 5.75 Å². The van der Waals surface area contributed by atoms with E-state index in [1.54, 1.807) is 6.08 Å². The number of rotatable bonds is 5. The molecule has 0 spiro atoms. The lowest BCUT2D eigenvalue weighted by molar-refractivity contribution is -0.137. The fraction of sp³-hybridized carbons (Fsp3) is 0.167. The summed E-state index contributed by atoms with van der Waals surface area (Å²) in [6, 6.07) is 17.6. The van der Waals surface area contributed by atoms with Gasteiger partial charge in [0.2, 0.25) is 0 Å². The van der Waals surface area contributed by atoms with Gasteiger partial charge in [0.25, 0.3) is 0 Å². The summed E-state index contributed by atoms with van der Waals surface area (Å²) < 4.78 is 5.34. The second-order valence-electron chi connectivity index (χ2n) is 4.56. The highest BCUT2D eigenvalue weighted by molar-refractivity contribution is 5.77. The standard InChI is InChI=1S/C18H18O2/c1-3-14(4-2)18(19)20-17-12-10-16(11-13-17)15-8-6-5-7-9-15/h3,5-14H,1,4H2,2H3. The van der Waals surface area contributed by atoms with Crippen LogP contribution in [0.1, 0.15) is 13.3 Å². The Bertz CT molecular complexity index is 570. The van der Waals surface area contributed by atoms with Crippen LogP contribution in [0.2, 0.25) is 0 Å². The van der Waals surface area contributed by atoms with E-state index in [4.69, 9.17) is 4.74 Å². The average Bonchev–Trinajstić information content (AvgIpc) is 2.50. The highest BCUT2D eigenvalue weighted by Gasteiger charge is 2.14. The minimum absolute atomic E-state index is 0.246. The SMILES string of the molecule is C=CC(CC)C(=O)Oc1ccc(-c2ccccc2)cc1. The molecule has 0 bridgehead atoms. The Morgan fingerprint density at radius 2 is 1.70 bits per heavy atom. The molecule has 0 heterocycles. The number of benzene rings is 2. The van der Waals surface area contributed by atoms with Crippen molar-refractivity contribution in [2.24, 2.45) is 5.92 Å². The van der Waals surface area contributed by atoms with Gasteiger partial charge in [-0.25, -0.2) is 0 Å². The van der Waals surface area contributed by atoms with Gasteiger partial charge in [-0.1, -0.05) is 55.5 Å². The van der Waals surface area contributed by atoms with Gasteiger partial charge in [-0.05, 0) is 29.7 Å². The van der Waals surface area contributed by atoms with E-state index in [-0.39, 0.29) is 11.9 Å². The molecular formula is C18H18O2. The Labute approximate surface area is 119 Å². The zero-order chi connectivity index (χ0) is 14.4. The van der Waals surface area contributed by atoms with E-state index >= 15 is 0 Å². The van der Waals surface area contributed by atoms with Crippen molar-refractivity contribution in [2.75, 3.05) is 0 Å². The van der Waals surface area contributed by atoms with Crippen molar-refractivity contribution in [3.63, 3.8) is 0 Å². The molecule has 0 aromatic heterocycles. The zero-order valence-electron chi connectivity index (χ0n) is 11.6. The molecule has 2 aromatic rings. The van der Waals surface area contributed by atoms with Gasteiger partial charge in [0.05, 0.1) is 5.92 Å². The fourth-order valence-corrected chi connectivity index (χ4v) is 1.97. The summed E-state index contributed by atoms with van der Waals surface area (Å²) in [7, 11) is 0. The smallest absolute Gasteiger partial charge is 0.318 e. The number of hydrogen-bond acceptors (Lipinski definition) is 2. The molecule has 0 radical (unpaired) electrons. The molecule has 2 heteroatoms. The molecule has 0 aliphatic heterocycles. The van der Waals surface area contributed by atoms with Crippen molar-refractivity contribution in [3.05, 3.63) is 67.3 Å². The van der Waals surface area contributed by atoms with Gasteiger partial charge in [-0.3, -0.25) is 4.79 Å². The molecule has 0 saturated heterocycles. The first kappa shape index (κ1) is 14.1. The molecule has 0 aliphatic rings. The predicted molar refractivity (Wildman–Crippen MR) is 81.5 cm³/mol. The summed E-state index contributed by atoms with van der Waals surface area (Å²) in [5.74, 6) is 0.0637. The number of hydrogen-bond donors (Lipinski definition) is 0. The molecule has 2 aromatic carbocycles. The summed E-state index contributed by atoms with van der Waals surface area (Å²) in [6.45, 7) is 5.58. The maximum absolute atomic E-state index is 11.8. The Hall–Kier alpha value is -2.35. The van der Waals surface area contributed by atoms with Gasteiger partial charge >= 0.3 is 5.97 Å². The third kappa shape index (κ3) is 3.35. The number of carbonyl (C=O) groups is 1. The molecule has 0 N–H and O–H groups in total. The van der Waals surface area contributed by atoms with E-state index in [1.807, 2.05) is 61.5 Å². The molecule has 0 fully saturated rings. The Balaban J connectivity index is 2.09. The molecule has 2 nitrogen and oxygen atoms in total. The quantitative estimate of drug-likeness (QED) is 0.453. The number of carbonyl (C=O) groups excluding carboxylic acids is 1. The highest BCUT2D eigenvalue weighted by atomic mass is 16.5. The van der Waals surface area contributed by atoms with Crippen LogP contribution in [0, 0.1) is 5.92 Å². The predicted octanol–water partition coefficient (Wildman–Crippen LogP) is 4.47. The molecule has 102 valence electrons. The monoisotopic (exact) mass is 266 g/mol. The fourth-order valence-electron chi connectivity index (χ4n) is 1.97. The Kier molecular flexibility index (Phi) is 4.72. The zero-order valence-corrected chi connectivity index (χ0v) is 11.6. The van der Waals surface area contributed by atoms with Gasteiger partial charge in [0.15, 0.2) is 0 Å².